The number of hydrogen-bond acceptors (Lipinski definition) is 5. The van der Waals surface area contributed by atoms with Crippen molar-refractivity contribution in [3.8, 4) is 5.75 Å². The molecule has 1 aliphatic heterocycles. The van der Waals surface area contributed by atoms with Gasteiger partial charge in [0, 0.05) is 23.2 Å². The minimum atomic E-state index is -0.558. The molecule has 4 N–H and O–H groups in total. The van der Waals surface area contributed by atoms with Crippen LogP contribution >= 0.6 is 0 Å². The van der Waals surface area contributed by atoms with E-state index in [1.54, 1.807) is 36.1 Å². The van der Waals surface area contributed by atoms with Crippen molar-refractivity contribution in [3.63, 3.8) is 0 Å². The zero-order valence-corrected chi connectivity index (χ0v) is 18.9. The number of nitrogens with zero attached hydrogens (tertiary/aromatic N) is 2. The van der Waals surface area contributed by atoms with Crippen molar-refractivity contribution in [1.82, 2.24) is 20.4 Å². The van der Waals surface area contributed by atoms with Crippen molar-refractivity contribution < 1.29 is 14.3 Å². The standard InChI is InChI=1S/C22H32N6O3/c1-7-16-13(2)23-20(26-19(16)29)28-18(12-17(27-28)22(3,4)5)25-21(30)24-14-8-10-15(31-6)11-9-14/h8-13,16,20,23H,7H2,1-6H3,(H,26,29)(H2,24,25,30). The van der Waals surface area contributed by atoms with Gasteiger partial charge in [0.2, 0.25) is 5.91 Å². The number of benzene rings is 1. The summed E-state index contributed by atoms with van der Waals surface area (Å²) < 4.78 is 6.76. The Bertz CT molecular complexity index is 932. The van der Waals surface area contributed by atoms with E-state index in [1.807, 2.05) is 40.7 Å². The normalized spacial score (nSPS) is 21.4. The first-order chi connectivity index (χ1) is 14.6. The molecular weight excluding hydrogens is 396 g/mol. The van der Waals surface area contributed by atoms with Crippen molar-refractivity contribution in [2.45, 2.75) is 58.8 Å². The number of aromatic nitrogens is 2. The van der Waals surface area contributed by atoms with Gasteiger partial charge < -0.3 is 15.4 Å². The second-order valence-corrected chi connectivity index (χ2v) is 8.80. The van der Waals surface area contributed by atoms with Crippen LogP contribution < -0.4 is 26.0 Å². The van der Waals surface area contributed by atoms with Crippen molar-refractivity contribution in [3.05, 3.63) is 36.0 Å². The molecule has 168 valence electrons. The van der Waals surface area contributed by atoms with Crippen LogP contribution in [-0.4, -0.2) is 34.9 Å². The Morgan fingerprint density at radius 2 is 1.90 bits per heavy atom. The molecule has 0 bridgehead atoms. The zero-order chi connectivity index (χ0) is 22.8. The molecule has 3 amide bonds. The average Bonchev–Trinajstić information content (AvgIpc) is 3.12. The molecule has 0 saturated carbocycles. The Labute approximate surface area is 182 Å². The molecule has 31 heavy (non-hydrogen) atoms. The van der Waals surface area contributed by atoms with Crippen molar-refractivity contribution in [2.24, 2.45) is 5.92 Å². The van der Waals surface area contributed by atoms with Gasteiger partial charge in [0.15, 0.2) is 6.29 Å². The van der Waals surface area contributed by atoms with Crippen molar-refractivity contribution in [2.75, 3.05) is 17.7 Å². The number of amides is 3. The van der Waals surface area contributed by atoms with Crippen LogP contribution in [-0.2, 0) is 10.2 Å². The van der Waals surface area contributed by atoms with Gasteiger partial charge in [-0.2, -0.15) is 5.10 Å². The van der Waals surface area contributed by atoms with Gasteiger partial charge in [-0.3, -0.25) is 15.4 Å². The second kappa shape index (κ2) is 8.97. The van der Waals surface area contributed by atoms with E-state index < -0.39 is 12.3 Å². The van der Waals surface area contributed by atoms with Gasteiger partial charge in [-0.05, 0) is 37.6 Å². The van der Waals surface area contributed by atoms with E-state index >= 15 is 0 Å². The van der Waals surface area contributed by atoms with E-state index in [9.17, 15) is 9.59 Å². The molecule has 1 fully saturated rings. The van der Waals surface area contributed by atoms with E-state index in [2.05, 4.69) is 26.4 Å². The lowest BCUT2D eigenvalue weighted by Crippen LogP contribution is -2.57. The van der Waals surface area contributed by atoms with Crippen LogP contribution in [0.4, 0.5) is 16.3 Å². The highest BCUT2D eigenvalue weighted by atomic mass is 16.5. The molecule has 0 spiro atoms. The summed E-state index contributed by atoms with van der Waals surface area (Å²) in [7, 11) is 1.59. The van der Waals surface area contributed by atoms with E-state index in [4.69, 9.17) is 4.74 Å². The van der Waals surface area contributed by atoms with E-state index in [0.717, 1.165) is 12.1 Å². The van der Waals surface area contributed by atoms with Gasteiger partial charge in [0.05, 0.1) is 18.7 Å². The maximum absolute atomic E-state index is 12.7. The van der Waals surface area contributed by atoms with E-state index in [1.165, 1.54) is 0 Å². The zero-order valence-electron chi connectivity index (χ0n) is 18.9. The molecule has 3 atom stereocenters. The minimum absolute atomic E-state index is 0.0213. The molecular formula is C22H32N6O3. The molecule has 9 nitrogen and oxygen atoms in total. The predicted octanol–water partition coefficient (Wildman–Crippen LogP) is 3.42. The molecule has 3 unspecified atom stereocenters. The first kappa shape index (κ1) is 22.6. The number of methoxy groups -OCH3 is 1. The Morgan fingerprint density at radius 3 is 2.45 bits per heavy atom. The summed E-state index contributed by atoms with van der Waals surface area (Å²) >= 11 is 0. The summed E-state index contributed by atoms with van der Waals surface area (Å²) in [4.78, 5) is 25.2. The number of carbonyl (C=O) groups excluding carboxylic acids is 2. The summed E-state index contributed by atoms with van der Waals surface area (Å²) in [5.74, 6) is 1.05. The number of ether oxygens (including phenoxy) is 1. The van der Waals surface area contributed by atoms with Gasteiger partial charge >= 0.3 is 6.03 Å². The Morgan fingerprint density at radius 1 is 1.23 bits per heavy atom. The van der Waals surface area contributed by atoms with Gasteiger partial charge in [-0.25, -0.2) is 9.48 Å². The van der Waals surface area contributed by atoms with Crippen LogP contribution in [0.1, 0.15) is 53.0 Å². The highest BCUT2D eigenvalue weighted by Gasteiger charge is 2.35. The lowest BCUT2D eigenvalue weighted by molar-refractivity contribution is -0.130. The first-order valence-corrected chi connectivity index (χ1v) is 10.5. The molecule has 3 rings (SSSR count). The van der Waals surface area contributed by atoms with Crippen molar-refractivity contribution in [1.29, 1.82) is 0 Å². The highest BCUT2D eigenvalue weighted by molar-refractivity contribution is 5.99. The third-order valence-corrected chi connectivity index (χ3v) is 5.42. The fourth-order valence-electron chi connectivity index (χ4n) is 3.55. The fourth-order valence-corrected chi connectivity index (χ4v) is 3.55. The topological polar surface area (TPSA) is 109 Å². The Balaban J connectivity index is 1.82. The van der Waals surface area contributed by atoms with Crippen molar-refractivity contribution >= 4 is 23.4 Å². The van der Waals surface area contributed by atoms with E-state index in [0.29, 0.717) is 17.3 Å². The van der Waals surface area contributed by atoms with Gasteiger partial charge in [0.1, 0.15) is 11.6 Å². The molecule has 1 aromatic carbocycles. The molecule has 0 radical (unpaired) electrons. The van der Waals surface area contributed by atoms with Crippen LogP contribution in [0.3, 0.4) is 0 Å². The number of nitrogens with one attached hydrogen (secondary N) is 4. The van der Waals surface area contributed by atoms with Gasteiger partial charge in [0.25, 0.3) is 0 Å². The van der Waals surface area contributed by atoms with Crippen LogP contribution in [0.5, 0.6) is 5.75 Å². The lowest BCUT2D eigenvalue weighted by Gasteiger charge is -2.35. The Hall–Kier alpha value is -3.07. The summed E-state index contributed by atoms with van der Waals surface area (Å²) in [5.41, 5.74) is 1.20. The smallest absolute Gasteiger partial charge is 0.324 e. The quantitative estimate of drug-likeness (QED) is 0.583. The largest absolute Gasteiger partial charge is 0.497 e. The van der Waals surface area contributed by atoms with Crippen LogP contribution in [0.2, 0.25) is 0 Å². The minimum Gasteiger partial charge on any atom is -0.497 e. The third-order valence-electron chi connectivity index (χ3n) is 5.42. The SMILES string of the molecule is CCC1C(=O)NC(n2nc(C(C)(C)C)cc2NC(=O)Nc2ccc(OC)cc2)NC1C. The molecule has 1 aromatic heterocycles. The average molecular weight is 429 g/mol. The molecule has 1 saturated heterocycles. The number of rotatable bonds is 5. The first-order valence-electron chi connectivity index (χ1n) is 10.5. The molecule has 0 aliphatic carbocycles. The molecule has 1 aliphatic rings. The molecule has 9 heteroatoms. The number of urea groups is 1. The fraction of sp³-hybridized carbons (Fsp3) is 0.500. The Kier molecular flexibility index (Phi) is 6.54. The number of anilines is 2. The van der Waals surface area contributed by atoms with Crippen LogP contribution in [0.15, 0.2) is 30.3 Å². The van der Waals surface area contributed by atoms with Crippen LogP contribution in [0.25, 0.3) is 0 Å². The summed E-state index contributed by atoms with van der Waals surface area (Å²) in [5, 5.41) is 16.7. The molecule has 2 heterocycles. The number of carbonyl (C=O) groups is 2. The lowest BCUT2D eigenvalue weighted by atomic mass is 9.92. The van der Waals surface area contributed by atoms with Crippen LogP contribution in [0, 0.1) is 5.92 Å². The van der Waals surface area contributed by atoms with Gasteiger partial charge in [-0.1, -0.05) is 27.7 Å². The summed E-state index contributed by atoms with van der Waals surface area (Å²) in [6.45, 7) is 10.1. The summed E-state index contributed by atoms with van der Waals surface area (Å²) in [6.07, 6.45) is 0.187. The molecule has 2 aromatic rings. The highest BCUT2D eigenvalue weighted by Crippen LogP contribution is 2.27. The maximum atomic E-state index is 12.7. The predicted molar refractivity (Wildman–Crippen MR) is 120 cm³/mol. The number of hydrogen-bond donors (Lipinski definition) is 4. The van der Waals surface area contributed by atoms with E-state index in [-0.39, 0.29) is 23.3 Å². The summed E-state index contributed by atoms with van der Waals surface area (Å²) in [6, 6.07) is 8.45. The van der Waals surface area contributed by atoms with Gasteiger partial charge in [-0.15, -0.1) is 0 Å². The maximum Gasteiger partial charge on any atom is 0.324 e. The second-order valence-electron chi connectivity index (χ2n) is 8.80. The third kappa shape index (κ3) is 5.16. The monoisotopic (exact) mass is 428 g/mol.